The summed E-state index contributed by atoms with van der Waals surface area (Å²) in [7, 11) is 1.67. The van der Waals surface area contributed by atoms with Gasteiger partial charge in [-0.3, -0.25) is 4.79 Å². The summed E-state index contributed by atoms with van der Waals surface area (Å²) < 4.78 is 22.6. The molecule has 0 bridgehead atoms. The van der Waals surface area contributed by atoms with E-state index in [1.54, 1.807) is 19.2 Å². The summed E-state index contributed by atoms with van der Waals surface area (Å²) in [4.78, 5) is 17.6. The zero-order valence-electron chi connectivity index (χ0n) is 19.6. The number of methoxy groups -OCH3 is 1. The molecule has 2 aromatic carbocycles. The first kappa shape index (κ1) is 23.6. The van der Waals surface area contributed by atoms with Crippen molar-refractivity contribution in [3.8, 4) is 23.0 Å². The normalized spacial score (nSPS) is 14.0. The second-order valence-electron chi connectivity index (χ2n) is 7.43. The number of carbonyl (C=O) groups excluding carboxylic acids is 1. The Bertz CT molecular complexity index is 857. The molecule has 0 unspecified atom stereocenters. The Labute approximate surface area is 190 Å². The largest absolute Gasteiger partial charge is 0.497 e. The van der Waals surface area contributed by atoms with Crippen LogP contribution in [-0.2, 0) is 0 Å². The van der Waals surface area contributed by atoms with Gasteiger partial charge in [-0.25, -0.2) is 0 Å². The number of rotatable bonds is 9. The van der Waals surface area contributed by atoms with E-state index >= 15 is 0 Å². The van der Waals surface area contributed by atoms with E-state index in [9.17, 15) is 4.79 Å². The zero-order valence-corrected chi connectivity index (χ0v) is 19.6. The van der Waals surface area contributed by atoms with E-state index in [0.29, 0.717) is 55.7 Å². The molecule has 0 aliphatic carbocycles. The Balaban J connectivity index is 1.78. The SMILES string of the molecule is CCOc1cc(C(=O)N2CCCN(c3ccc(OC)cc3)CC2)cc(OCC)c1OCC. The highest BCUT2D eigenvalue weighted by Gasteiger charge is 2.24. The van der Waals surface area contributed by atoms with Gasteiger partial charge in [0.2, 0.25) is 5.75 Å². The van der Waals surface area contributed by atoms with Crippen LogP contribution in [0.3, 0.4) is 0 Å². The summed E-state index contributed by atoms with van der Waals surface area (Å²) in [6.07, 6.45) is 0.894. The Morgan fingerprint density at radius 1 is 0.844 bits per heavy atom. The van der Waals surface area contributed by atoms with Crippen molar-refractivity contribution in [1.29, 1.82) is 0 Å². The van der Waals surface area contributed by atoms with Gasteiger partial charge in [0.25, 0.3) is 5.91 Å². The molecule has 2 aromatic rings. The number of nitrogens with zero attached hydrogens (tertiary/aromatic N) is 2. The molecule has 0 N–H and O–H groups in total. The highest BCUT2D eigenvalue weighted by atomic mass is 16.5. The lowest BCUT2D eigenvalue weighted by molar-refractivity contribution is 0.0766. The van der Waals surface area contributed by atoms with Gasteiger partial charge in [-0.2, -0.15) is 0 Å². The maximum atomic E-state index is 13.4. The van der Waals surface area contributed by atoms with Gasteiger partial charge in [-0.15, -0.1) is 0 Å². The Hall–Kier alpha value is -3.09. The lowest BCUT2D eigenvalue weighted by atomic mass is 10.1. The van der Waals surface area contributed by atoms with Gasteiger partial charge in [0.15, 0.2) is 11.5 Å². The van der Waals surface area contributed by atoms with Gasteiger partial charge < -0.3 is 28.7 Å². The van der Waals surface area contributed by atoms with Crippen LogP contribution in [0.15, 0.2) is 36.4 Å². The van der Waals surface area contributed by atoms with Crippen molar-refractivity contribution in [2.75, 3.05) is 58.0 Å². The third-order valence-corrected chi connectivity index (χ3v) is 5.38. The molecule has 1 aliphatic rings. The lowest BCUT2D eigenvalue weighted by Gasteiger charge is -2.24. The van der Waals surface area contributed by atoms with Crippen molar-refractivity contribution in [3.63, 3.8) is 0 Å². The summed E-state index contributed by atoms with van der Waals surface area (Å²) in [6, 6.07) is 11.6. The molecule has 174 valence electrons. The fraction of sp³-hybridized carbons (Fsp3) is 0.480. The Morgan fingerprint density at radius 2 is 1.47 bits per heavy atom. The minimum atomic E-state index is -0.0217. The number of ether oxygens (including phenoxy) is 4. The standard InChI is InChI=1S/C25H34N2O5/c1-5-30-22-17-19(18-23(31-6-2)24(22)32-7-3)25(28)27-14-8-13-26(15-16-27)20-9-11-21(29-4)12-10-20/h9-12,17-18H,5-8,13-16H2,1-4H3. The van der Waals surface area contributed by atoms with E-state index in [4.69, 9.17) is 18.9 Å². The summed E-state index contributed by atoms with van der Waals surface area (Å²) >= 11 is 0. The predicted octanol–water partition coefficient (Wildman–Crippen LogP) is 4.24. The van der Waals surface area contributed by atoms with Crippen molar-refractivity contribution in [3.05, 3.63) is 42.0 Å². The van der Waals surface area contributed by atoms with Crippen LogP contribution in [0, 0.1) is 0 Å². The van der Waals surface area contributed by atoms with E-state index in [2.05, 4.69) is 17.0 Å². The third kappa shape index (κ3) is 5.58. The fourth-order valence-corrected chi connectivity index (χ4v) is 3.87. The molecule has 1 aliphatic heterocycles. The predicted molar refractivity (Wildman–Crippen MR) is 126 cm³/mol. The molecule has 1 saturated heterocycles. The molecule has 0 radical (unpaired) electrons. The molecule has 1 fully saturated rings. The summed E-state index contributed by atoms with van der Waals surface area (Å²) in [5.41, 5.74) is 1.69. The maximum absolute atomic E-state index is 13.4. The van der Waals surface area contributed by atoms with Crippen LogP contribution in [0.2, 0.25) is 0 Å². The second-order valence-corrected chi connectivity index (χ2v) is 7.43. The molecule has 7 nitrogen and oxygen atoms in total. The van der Waals surface area contributed by atoms with Crippen molar-refractivity contribution in [1.82, 2.24) is 4.90 Å². The molecule has 7 heteroatoms. The molecule has 32 heavy (non-hydrogen) atoms. The van der Waals surface area contributed by atoms with Crippen LogP contribution in [0.5, 0.6) is 23.0 Å². The zero-order chi connectivity index (χ0) is 22.9. The summed E-state index contributed by atoms with van der Waals surface area (Å²) in [6.45, 7) is 10.2. The van der Waals surface area contributed by atoms with Gasteiger partial charge in [0.05, 0.1) is 26.9 Å². The van der Waals surface area contributed by atoms with Crippen molar-refractivity contribution < 1.29 is 23.7 Å². The van der Waals surface area contributed by atoms with Gasteiger partial charge in [-0.05, 0) is 63.6 Å². The molecule has 0 saturated carbocycles. The quantitative estimate of drug-likeness (QED) is 0.579. The minimum Gasteiger partial charge on any atom is -0.497 e. The average Bonchev–Trinajstić information content (AvgIpc) is 3.07. The highest BCUT2D eigenvalue weighted by Crippen LogP contribution is 2.39. The van der Waals surface area contributed by atoms with E-state index in [1.165, 1.54) is 0 Å². The number of amides is 1. The van der Waals surface area contributed by atoms with Crippen LogP contribution < -0.4 is 23.8 Å². The van der Waals surface area contributed by atoms with Crippen LogP contribution in [0.1, 0.15) is 37.6 Å². The van der Waals surface area contributed by atoms with Crippen LogP contribution in [0.25, 0.3) is 0 Å². The van der Waals surface area contributed by atoms with Crippen molar-refractivity contribution in [2.45, 2.75) is 27.2 Å². The monoisotopic (exact) mass is 442 g/mol. The number of hydrogen-bond donors (Lipinski definition) is 0. The number of carbonyl (C=O) groups is 1. The summed E-state index contributed by atoms with van der Waals surface area (Å²) in [5.74, 6) is 2.45. The molecular formula is C25H34N2O5. The number of hydrogen-bond acceptors (Lipinski definition) is 6. The topological polar surface area (TPSA) is 60.5 Å². The van der Waals surface area contributed by atoms with E-state index in [1.807, 2.05) is 37.8 Å². The van der Waals surface area contributed by atoms with Crippen LogP contribution >= 0.6 is 0 Å². The first-order valence-electron chi connectivity index (χ1n) is 11.4. The van der Waals surface area contributed by atoms with Crippen molar-refractivity contribution >= 4 is 11.6 Å². The molecule has 1 amide bonds. The van der Waals surface area contributed by atoms with Crippen LogP contribution in [0.4, 0.5) is 5.69 Å². The molecule has 0 aromatic heterocycles. The molecular weight excluding hydrogens is 408 g/mol. The Kier molecular flexibility index (Phi) is 8.48. The highest BCUT2D eigenvalue weighted by molar-refractivity contribution is 5.95. The number of anilines is 1. The first-order chi connectivity index (χ1) is 15.6. The van der Waals surface area contributed by atoms with Crippen LogP contribution in [-0.4, -0.2) is 63.9 Å². The molecule has 1 heterocycles. The smallest absolute Gasteiger partial charge is 0.254 e. The number of benzene rings is 2. The fourth-order valence-electron chi connectivity index (χ4n) is 3.87. The van der Waals surface area contributed by atoms with Gasteiger partial charge in [-0.1, -0.05) is 0 Å². The van der Waals surface area contributed by atoms with E-state index in [0.717, 1.165) is 30.9 Å². The maximum Gasteiger partial charge on any atom is 0.254 e. The summed E-state index contributed by atoms with van der Waals surface area (Å²) in [5, 5.41) is 0. The Morgan fingerprint density at radius 3 is 2.03 bits per heavy atom. The lowest BCUT2D eigenvalue weighted by Crippen LogP contribution is -2.35. The molecule has 0 spiro atoms. The first-order valence-corrected chi connectivity index (χ1v) is 11.4. The average molecular weight is 443 g/mol. The van der Waals surface area contributed by atoms with Gasteiger partial charge in [0.1, 0.15) is 5.75 Å². The molecule has 3 rings (SSSR count). The molecule has 0 atom stereocenters. The second kappa shape index (κ2) is 11.5. The van der Waals surface area contributed by atoms with Gasteiger partial charge >= 0.3 is 0 Å². The third-order valence-electron chi connectivity index (χ3n) is 5.38. The van der Waals surface area contributed by atoms with E-state index < -0.39 is 0 Å². The van der Waals surface area contributed by atoms with Crippen molar-refractivity contribution in [2.24, 2.45) is 0 Å². The van der Waals surface area contributed by atoms with Gasteiger partial charge in [0, 0.05) is 37.4 Å². The van der Waals surface area contributed by atoms with E-state index in [-0.39, 0.29) is 5.91 Å². The minimum absolute atomic E-state index is 0.0217.